The van der Waals surface area contributed by atoms with Gasteiger partial charge < -0.3 is 4.57 Å². The number of anilines is 1. The molecule has 0 aliphatic carbocycles. The standard InChI is InChI=1S/C16H17BrN4OS/c1-10(2)7-15-19-20-16(23-15)18-14(22)9-21-6-5-11-3-4-12(17)8-13(11)21/h3-6,8,10H,7,9H2,1-2H3,(H,18,20,22). The Bertz CT molecular complexity index is 840. The van der Waals surface area contributed by atoms with Crippen LogP contribution in [-0.2, 0) is 17.8 Å². The maximum Gasteiger partial charge on any atom is 0.246 e. The molecule has 3 rings (SSSR count). The third-order valence-corrected chi connectivity index (χ3v) is 4.70. The molecule has 2 heterocycles. The van der Waals surface area contributed by atoms with E-state index in [9.17, 15) is 4.79 Å². The molecule has 0 bridgehead atoms. The zero-order chi connectivity index (χ0) is 16.4. The van der Waals surface area contributed by atoms with Gasteiger partial charge in [-0.15, -0.1) is 10.2 Å². The Labute approximate surface area is 146 Å². The summed E-state index contributed by atoms with van der Waals surface area (Å²) in [6.07, 6.45) is 2.80. The highest BCUT2D eigenvalue weighted by Gasteiger charge is 2.11. The highest BCUT2D eigenvalue weighted by Crippen LogP contribution is 2.22. The number of aromatic nitrogens is 3. The molecule has 1 aromatic carbocycles. The van der Waals surface area contributed by atoms with Crippen LogP contribution in [0.25, 0.3) is 10.9 Å². The van der Waals surface area contributed by atoms with Crippen LogP contribution < -0.4 is 5.32 Å². The molecule has 7 heteroatoms. The Balaban J connectivity index is 1.69. The van der Waals surface area contributed by atoms with Crippen LogP contribution in [0.2, 0.25) is 0 Å². The van der Waals surface area contributed by atoms with E-state index in [4.69, 9.17) is 0 Å². The summed E-state index contributed by atoms with van der Waals surface area (Å²) in [7, 11) is 0. The lowest BCUT2D eigenvalue weighted by atomic mass is 10.1. The van der Waals surface area contributed by atoms with Crippen molar-refractivity contribution in [1.82, 2.24) is 14.8 Å². The molecule has 0 radical (unpaired) electrons. The van der Waals surface area contributed by atoms with Crippen LogP contribution in [0.5, 0.6) is 0 Å². The number of carbonyl (C=O) groups is 1. The Kier molecular flexibility index (Phi) is 4.77. The number of amides is 1. The van der Waals surface area contributed by atoms with Gasteiger partial charge in [0.1, 0.15) is 11.6 Å². The molecule has 1 N–H and O–H groups in total. The number of fused-ring (bicyclic) bond motifs is 1. The maximum absolute atomic E-state index is 12.2. The van der Waals surface area contributed by atoms with Gasteiger partial charge in [0.2, 0.25) is 11.0 Å². The zero-order valence-electron chi connectivity index (χ0n) is 12.9. The normalized spacial score (nSPS) is 11.3. The van der Waals surface area contributed by atoms with Gasteiger partial charge in [0.15, 0.2) is 0 Å². The first kappa shape index (κ1) is 16.1. The molecule has 1 amide bonds. The highest BCUT2D eigenvalue weighted by atomic mass is 79.9. The van der Waals surface area contributed by atoms with Gasteiger partial charge in [-0.1, -0.05) is 47.2 Å². The zero-order valence-corrected chi connectivity index (χ0v) is 15.3. The fourth-order valence-corrected chi connectivity index (χ4v) is 3.66. The van der Waals surface area contributed by atoms with E-state index < -0.39 is 0 Å². The molecule has 0 fully saturated rings. The van der Waals surface area contributed by atoms with Crippen LogP contribution >= 0.6 is 27.3 Å². The molecule has 0 spiro atoms. The minimum atomic E-state index is -0.102. The predicted octanol–water partition coefficient (Wildman–Crippen LogP) is 4.09. The third-order valence-electron chi connectivity index (χ3n) is 3.35. The van der Waals surface area contributed by atoms with Crippen LogP contribution in [-0.4, -0.2) is 20.7 Å². The van der Waals surface area contributed by atoms with Gasteiger partial charge in [0.05, 0.1) is 0 Å². The molecule has 0 aliphatic rings. The molecule has 5 nitrogen and oxygen atoms in total. The number of hydrogen-bond acceptors (Lipinski definition) is 4. The summed E-state index contributed by atoms with van der Waals surface area (Å²) < 4.78 is 2.92. The molecular formula is C16H17BrN4OS. The Morgan fingerprint density at radius 3 is 2.96 bits per heavy atom. The van der Waals surface area contributed by atoms with Gasteiger partial charge >= 0.3 is 0 Å². The van der Waals surface area contributed by atoms with Gasteiger partial charge in [-0.25, -0.2) is 0 Å². The maximum atomic E-state index is 12.2. The molecule has 23 heavy (non-hydrogen) atoms. The molecule has 0 unspecified atom stereocenters. The SMILES string of the molecule is CC(C)Cc1nnc(NC(=O)Cn2ccc3ccc(Br)cc32)s1. The second-order valence-corrected chi connectivity index (χ2v) is 7.77. The van der Waals surface area contributed by atoms with Crippen LogP contribution in [0.4, 0.5) is 5.13 Å². The number of halogens is 1. The van der Waals surface area contributed by atoms with Crippen molar-refractivity contribution in [3.05, 3.63) is 39.9 Å². The molecule has 120 valence electrons. The summed E-state index contributed by atoms with van der Waals surface area (Å²) >= 11 is 4.90. The second-order valence-electron chi connectivity index (χ2n) is 5.79. The molecule has 0 saturated heterocycles. The van der Waals surface area contributed by atoms with Crippen molar-refractivity contribution in [2.45, 2.75) is 26.8 Å². The number of rotatable bonds is 5. The minimum absolute atomic E-state index is 0.102. The number of benzene rings is 1. The molecule has 0 atom stereocenters. The van der Waals surface area contributed by atoms with E-state index >= 15 is 0 Å². The summed E-state index contributed by atoms with van der Waals surface area (Å²) in [4.78, 5) is 12.2. The van der Waals surface area contributed by atoms with E-state index in [0.29, 0.717) is 11.0 Å². The minimum Gasteiger partial charge on any atom is -0.338 e. The van der Waals surface area contributed by atoms with Crippen molar-refractivity contribution in [1.29, 1.82) is 0 Å². The van der Waals surface area contributed by atoms with E-state index in [1.54, 1.807) is 0 Å². The average molecular weight is 393 g/mol. The Hall–Kier alpha value is -1.73. The van der Waals surface area contributed by atoms with Gasteiger partial charge in [-0.3, -0.25) is 10.1 Å². The smallest absolute Gasteiger partial charge is 0.246 e. The summed E-state index contributed by atoms with van der Waals surface area (Å²) in [6, 6.07) is 8.02. The van der Waals surface area contributed by atoms with Crippen molar-refractivity contribution in [3.63, 3.8) is 0 Å². The fraction of sp³-hybridized carbons (Fsp3) is 0.312. The number of carbonyl (C=O) groups excluding carboxylic acids is 1. The first-order valence-corrected chi connectivity index (χ1v) is 8.99. The van der Waals surface area contributed by atoms with Gasteiger partial charge in [0, 0.05) is 22.6 Å². The van der Waals surface area contributed by atoms with Crippen molar-refractivity contribution in [2.24, 2.45) is 5.92 Å². The Morgan fingerprint density at radius 2 is 2.17 bits per heavy atom. The van der Waals surface area contributed by atoms with Crippen LogP contribution in [0, 0.1) is 5.92 Å². The Morgan fingerprint density at radius 1 is 1.35 bits per heavy atom. The second kappa shape index (κ2) is 6.80. The van der Waals surface area contributed by atoms with E-state index in [0.717, 1.165) is 26.8 Å². The van der Waals surface area contributed by atoms with Crippen molar-refractivity contribution < 1.29 is 4.79 Å². The summed E-state index contributed by atoms with van der Waals surface area (Å²) in [5.74, 6) is 0.422. The van der Waals surface area contributed by atoms with Crippen molar-refractivity contribution in [2.75, 3.05) is 5.32 Å². The third kappa shape index (κ3) is 3.97. The van der Waals surface area contributed by atoms with Crippen LogP contribution in [0.15, 0.2) is 34.9 Å². The molecule has 0 aliphatic heterocycles. The lowest BCUT2D eigenvalue weighted by molar-refractivity contribution is -0.116. The van der Waals surface area contributed by atoms with E-state index in [2.05, 4.69) is 45.3 Å². The topological polar surface area (TPSA) is 59.8 Å². The lowest BCUT2D eigenvalue weighted by Gasteiger charge is -2.05. The van der Waals surface area contributed by atoms with E-state index in [-0.39, 0.29) is 12.5 Å². The summed E-state index contributed by atoms with van der Waals surface area (Å²) in [5, 5.41) is 13.6. The molecule has 2 aromatic heterocycles. The van der Waals surface area contributed by atoms with Crippen LogP contribution in [0.3, 0.4) is 0 Å². The quantitative estimate of drug-likeness (QED) is 0.710. The van der Waals surface area contributed by atoms with Gasteiger partial charge in [-0.2, -0.15) is 0 Å². The molecule has 0 saturated carbocycles. The first-order chi connectivity index (χ1) is 11.0. The van der Waals surface area contributed by atoms with Crippen molar-refractivity contribution >= 4 is 49.2 Å². The average Bonchev–Trinajstić information content (AvgIpc) is 3.06. The van der Waals surface area contributed by atoms with Gasteiger partial charge in [0.25, 0.3) is 0 Å². The summed E-state index contributed by atoms with van der Waals surface area (Å²) in [6.45, 7) is 4.52. The largest absolute Gasteiger partial charge is 0.338 e. The first-order valence-electron chi connectivity index (χ1n) is 7.38. The molecule has 3 aromatic rings. The summed E-state index contributed by atoms with van der Waals surface area (Å²) in [5.41, 5.74) is 1.02. The van der Waals surface area contributed by atoms with Crippen molar-refractivity contribution in [3.8, 4) is 0 Å². The number of nitrogens with zero attached hydrogens (tertiary/aromatic N) is 3. The predicted molar refractivity (Wildman–Crippen MR) is 96.7 cm³/mol. The lowest BCUT2D eigenvalue weighted by Crippen LogP contribution is -2.18. The fourth-order valence-electron chi connectivity index (χ4n) is 2.34. The monoisotopic (exact) mass is 392 g/mol. The number of nitrogens with one attached hydrogen (secondary N) is 1. The van der Waals surface area contributed by atoms with E-state index in [1.807, 2.05) is 35.0 Å². The highest BCUT2D eigenvalue weighted by molar-refractivity contribution is 9.10. The van der Waals surface area contributed by atoms with E-state index in [1.165, 1.54) is 11.3 Å². The van der Waals surface area contributed by atoms with Crippen LogP contribution in [0.1, 0.15) is 18.9 Å². The number of hydrogen-bond donors (Lipinski definition) is 1. The van der Waals surface area contributed by atoms with Gasteiger partial charge in [-0.05, 0) is 29.5 Å². The molecular weight excluding hydrogens is 376 g/mol.